The van der Waals surface area contributed by atoms with Crippen LogP contribution in [0.5, 0.6) is 0 Å². The summed E-state index contributed by atoms with van der Waals surface area (Å²) in [6, 6.07) is 4.05. The summed E-state index contributed by atoms with van der Waals surface area (Å²) in [7, 11) is 0. The molecule has 1 nitrogen and oxygen atoms in total. The highest BCUT2D eigenvalue weighted by Gasteiger charge is 2.46. The Balaban J connectivity index is 1.76. The van der Waals surface area contributed by atoms with E-state index in [0.29, 0.717) is 15.9 Å². The first-order valence-corrected chi connectivity index (χ1v) is 8.12. The summed E-state index contributed by atoms with van der Waals surface area (Å²) in [4.78, 5) is 0. The fourth-order valence-corrected chi connectivity index (χ4v) is 4.22. The van der Waals surface area contributed by atoms with Crippen molar-refractivity contribution in [3.8, 4) is 0 Å². The molecule has 2 aliphatic rings. The largest absolute Gasteiger partial charge is 0.381 e. The lowest BCUT2D eigenvalue weighted by molar-refractivity contribution is 0.0571. The predicted molar refractivity (Wildman–Crippen MR) is 81.0 cm³/mol. The molecule has 1 N–H and O–H groups in total. The van der Waals surface area contributed by atoms with Gasteiger partial charge in [0.2, 0.25) is 0 Å². The molecule has 2 saturated carbocycles. The number of benzene rings is 1. The number of halogens is 2. The molecule has 0 aliphatic heterocycles. The molecule has 3 heteroatoms. The summed E-state index contributed by atoms with van der Waals surface area (Å²) in [5, 5.41) is 3.61. The minimum Gasteiger partial charge on any atom is -0.381 e. The van der Waals surface area contributed by atoms with Crippen LogP contribution in [0.1, 0.15) is 50.5 Å². The molecule has 104 valence electrons. The first-order chi connectivity index (χ1) is 9.11. The molecule has 1 spiro atoms. The minimum atomic E-state index is -0.176. The zero-order valence-corrected chi connectivity index (χ0v) is 13.0. The lowest BCUT2D eigenvalue weighted by atomic mass is 9.57. The van der Waals surface area contributed by atoms with Gasteiger partial charge in [0.1, 0.15) is 5.82 Å². The summed E-state index contributed by atoms with van der Waals surface area (Å²) < 4.78 is 14.2. The third-order valence-electron chi connectivity index (χ3n) is 5.12. The first-order valence-electron chi connectivity index (χ1n) is 7.33. The van der Waals surface area contributed by atoms with Crippen molar-refractivity contribution in [3.05, 3.63) is 28.0 Å². The second-order valence-electron chi connectivity index (χ2n) is 6.24. The Bertz CT molecular complexity index is 480. The fraction of sp³-hybridized carbons (Fsp3) is 0.625. The highest BCUT2D eigenvalue weighted by Crippen LogP contribution is 2.52. The van der Waals surface area contributed by atoms with Gasteiger partial charge in [0.05, 0.1) is 4.47 Å². The van der Waals surface area contributed by atoms with Gasteiger partial charge in [-0.2, -0.15) is 0 Å². The third kappa shape index (κ3) is 2.42. The molecule has 2 aliphatic carbocycles. The minimum absolute atomic E-state index is 0.176. The molecule has 1 aromatic rings. The van der Waals surface area contributed by atoms with Crippen molar-refractivity contribution in [2.75, 3.05) is 5.32 Å². The van der Waals surface area contributed by atoms with Gasteiger partial charge in [-0.15, -0.1) is 0 Å². The molecule has 1 unspecified atom stereocenters. The van der Waals surface area contributed by atoms with Crippen LogP contribution in [-0.2, 0) is 0 Å². The molecule has 0 bridgehead atoms. The van der Waals surface area contributed by atoms with E-state index in [-0.39, 0.29) is 5.82 Å². The molecule has 3 rings (SSSR count). The van der Waals surface area contributed by atoms with Crippen LogP contribution in [0, 0.1) is 18.2 Å². The summed E-state index contributed by atoms with van der Waals surface area (Å²) >= 11 is 3.24. The predicted octanol–water partition coefficient (Wildman–Crippen LogP) is 5.42. The lowest BCUT2D eigenvalue weighted by Gasteiger charge is -2.53. The van der Waals surface area contributed by atoms with E-state index >= 15 is 0 Å². The van der Waals surface area contributed by atoms with Gasteiger partial charge in [0, 0.05) is 11.7 Å². The number of aryl methyl sites for hydroxylation is 1. The number of nitrogens with one attached hydrogen (secondary N) is 1. The topological polar surface area (TPSA) is 12.0 Å². The summed E-state index contributed by atoms with van der Waals surface area (Å²) in [5.41, 5.74) is 2.59. The average Bonchev–Trinajstić information content (AvgIpc) is 2.41. The Morgan fingerprint density at radius 3 is 2.58 bits per heavy atom. The lowest BCUT2D eigenvalue weighted by Crippen LogP contribution is -2.50. The van der Waals surface area contributed by atoms with Gasteiger partial charge in [0.15, 0.2) is 0 Å². The van der Waals surface area contributed by atoms with Crippen molar-refractivity contribution in [2.45, 2.75) is 57.9 Å². The van der Waals surface area contributed by atoms with E-state index in [0.717, 1.165) is 11.3 Å². The monoisotopic (exact) mass is 325 g/mol. The van der Waals surface area contributed by atoms with Gasteiger partial charge in [0.25, 0.3) is 0 Å². The van der Waals surface area contributed by atoms with Gasteiger partial charge in [-0.1, -0.05) is 19.3 Å². The highest BCUT2D eigenvalue weighted by molar-refractivity contribution is 9.10. The Hall–Kier alpha value is -0.570. The summed E-state index contributed by atoms with van der Waals surface area (Å²) in [6.07, 6.45) is 9.41. The zero-order valence-electron chi connectivity index (χ0n) is 11.4. The normalized spacial score (nSPS) is 25.1. The van der Waals surface area contributed by atoms with Gasteiger partial charge in [-0.25, -0.2) is 4.39 Å². The van der Waals surface area contributed by atoms with Crippen LogP contribution < -0.4 is 5.32 Å². The van der Waals surface area contributed by atoms with Gasteiger partial charge in [-0.05, 0) is 71.6 Å². The van der Waals surface area contributed by atoms with Crippen LogP contribution in [0.25, 0.3) is 0 Å². The zero-order chi connectivity index (χ0) is 13.5. The van der Waals surface area contributed by atoms with E-state index in [2.05, 4.69) is 21.2 Å². The maximum Gasteiger partial charge on any atom is 0.139 e. The molecule has 0 amide bonds. The van der Waals surface area contributed by atoms with Crippen LogP contribution in [0.3, 0.4) is 0 Å². The van der Waals surface area contributed by atoms with Crippen LogP contribution in [0.2, 0.25) is 0 Å². The van der Waals surface area contributed by atoms with Crippen LogP contribution >= 0.6 is 15.9 Å². The molecular weight excluding hydrogens is 305 g/mol. The standard InChI is InChI=1S/C16H21BrFN/c1-11-9-12(17)13(18)10-14(11)19-15-5-8-16(15)6-3-2-4-7-16/h9-10,15,19H,2-8H2,1H3. The Morgan fingerprint density at radius 1 is 1.21 bits per heavy atom. The Labute approximate surface area is 123 Å². The number of hydrogen-bond acceptors (Lipinski definition) is 1. The fourth-order valence-electron chi connectivity index (χ4n) is 3.77. The smallest absolute Gasteiger partial charge is 0.139 e. The number of anilines is 1. The van der Waals surface area contributed by atoms with Crippen LogP contribution in [-0.4, -0.2) is 6.04 Å². The third-order valence-corrected chi connectivity index (χ3v) is 5.72. The van der Waals surface area contributed by atoms with Crippen molar-refractivity contribution in [1.82, 2.24) is 0 Å². The quantitative estimate of drug-likeness (QED) is 0.765. The maximum absolute atomic E-state index is 13.7. The van der Waals surface area contributed by atoms with Crippen molar-refractivity contribution in [3.63, 3.8) is 0 Å². The molecule has 19 heavy (non-hydrogen) atoms. The second kappa shape index (κ2) is 5.08. The van der Waals surface area contributed by atoms with E-state index in [4.69, 9.17) is 0 Å². The summed E-state index contributed by atoms with van der Waals surface area (Å²) in [6.45, 7) is 2.04. The Morgan fingerprint density at radius 2 is 1.95 bits per heavy atom. The first kappa shape index (κ1) is 13.4. The van der Waals surface area contributed by atoms with Gasteiger partial charge < -0.3 is 5.32 Å². The molecule has 0 saturated heterocycles. The van der Waals surface area contributed by atoms with E-state index in [9.17, 15) is 4.39 Å². The van der Waals surface area contributed by atoms with Gasteiger partial charge in [-0.3, -0.25) is 0 Å². The molecule has 0 radical (unpaired) electrons. The van der Waals surface area contributed by atoms with Crippen molar-refractivity contribution < 1.29 is 4.39 Å². The summed E-state index contributed by atoms with van der Waals surface area (Å²) in [5.74, 6) is -0.176. The molecule has 1 aromatic carbocycles. The van der Waals surface area contributed by atoms with E-state index in [1.165, 1.54) is 44.9 Å². The van der Waals surface area contributed by atoms with Crippen molar-refractivity contribution in [1.29, 1.82) is 0 Å². The number of hydrogen-bond donors (Lipinski definition) is 1. The number of rotatable bonds is 2. The molecule has 0 aromatic heterocycles. The van der Waals surface area contributed by atoms with E-state index in [1.807, 2.05) is 13.0 Å². The Kier molecular flexibility index (Phi) is 3.59. The second-order valence-corrected chi connectivity index (χ2v) is 7.09. The van der Waals surface area contributed by atoms with Crippen LogP contribution in [0.4, 0.5) is 10.1 Å². The SMILES string of the molecule is Cc1cc(Br)c(F)cc1NC1CCC12CCCCC2. The van der Waals surface area contributed by atoms with Crippen molar-refractivity contribution in [2.24, 2.45) is 5.41 Å². The van der Waals surface area contributed by atoms with Crippen molar-refractivity contribution >= 4 is 21.6 Å². The molecular formula is C16H21BrFN. The van der Waals surface area contributed by atoms with E-state index < -0.39 is 0 Å². The average molecular weight is 326 g/mol. The maximum atomic E-state index is 13.7. The highest BCUT2D eigenvalue weighted by atomic mass is 79.9. The molecule has 0 heterocycles. The van der Waals surface area contributed by atoms with Crippen LogP contribution in [0.15, 0.2) is 16.6 Å². The van der Waals surface area contributed by atoms with E-state index in [1.54, 1.807) is 6.07 Å². The molecule has 2 fully saturated rings. The van der Waals surface area contributed by atoms with Gasteiger partial charge >= 0.3 is 0 Å². The molecule has 1 atom stereocenters.